The summed E-state index contributed by atoms with van der Waals surface area (Å²) >= 11 is 6.48. The van der Waals surface area contributed by atoms with Crippen LogP contribution in [0.4, 0.5) is 5.69 Å². The number of rotatable bonds is 7. The van der Waals surface area contributed by atoms with Crippen molar-refractivity contribution >= 4 is 29.3 Å². The largest absolute Gasteiger partial charge is 0.322 e. The first-order chi connectivity index (χ1) is 16.0. The van der Waals surface area contributed by atoms with Crippen LogP contribution in [0.2, 0.25) is 5.15 Å². The molecular weight excluding hydrogens is 436 g/mol. The molecular formula is C25H31ClN6O. The Balaban J connectivity index is 1.52. The standard InChI is InChI=1S/C25H31ClN6O/c1-4-5-16-32-24(26)20(18(3)30-32)13-14-23(33)27-21-11-9-10-19(17(21)2)25-29-28-22-12-7-6-8-15-31(22)25/h9-11,13-14H,4-8,12,15-16H2,1-3H3,(H,27,33)/b14-13+. The molecule has 0 saturated heterocycles. The lowest BCUT2D eigenvalue weighted by Gasteiger charge is -2.13. The second kappa shape index (κ2) is 10.3. The van der Waals surface area contributed by atoms with E-state index in [1.54, 1.807) is 10.8 Å². The van der Waals surface area contributed by atoms with E-state index in [1.807, 2.05) is 32.0 Å². The van der Waals surface area contributed by atoms with E-state index in [9.17, 15) is 4.79 Å². The van der Waals surface area contributed by atoms with Crippen molar-refractivity contribution in [2.75, 3.05) is 5.32 Å². The predicted octanol–water partition coefficient (Wildman–Crippen LogP) is 5.59. The van der Waals surface area contributed by atoms with E-state index in [0.29, 0.717) is 5.15 Å². The number of amides is 1. The number of benzene rings is 1. The van der Waals surface area contributed by atoms with E-state index in [0.717, 1.165) is 84.9 Å². The number of hydrogen-bond acceptors (Lipinski definition) is 4. The molecule has 0 saturated carbocycles. The second-order valence-electron chi connectivity index (χ2n) is 8.57. The average Bonchev–Trinajstić information content (AvgIpc) is 3.21. The minimum absolute atomic E-state index is 0.216. The summed E-state index contributed by atoms with van der Waals surface area (Å²) in [5, 5.41) is 17.0. The van der Waals surface area contributed by atoms with E-state index < -0.39 is 0 Å². The molecule has 2 aromatic heterocycles. The number of aromatic nitrogens is 5. The van der Waals surface area contributed by atoms with Crippen LogP contribution in [0.25, 0.3) is 17.5 Å². The number of anilines is 1. The Bertz CT molecular complexity index is 1180. The van der Waals surface area contributed by atoms with Gasteiger partial charge in [0.05, 0.1) is 5.69 Å². The molecule has 0 radical (unpaired) electrons. The highest BCUT2D eigenvalue weighted by Crippen LogP contribution is 2.29. The van der Waals surface area contributed by atoms with E-state index in [4.69, 9.17) is 11.6 Å². The number of carbonyl (C=O) groups excluding carboxylic acids is 1. The van der Waals surface area contributed by atoms with Gasteiger partial charge in [0.25, 0.3) is 0 Å². The number of nitrogens with zero attached hydrogens (tertiary/aromatic N) is 5. The van der Waals surface area contributed by atoms with Crippen LogP contribution in [0.3, 0.4) is 0 Å². The third kappa shape index (κ3) is 5.03. The molecule has 0 aliphatic carbocycles. The molecule has 0 spiro atoms. The summed E-state index contributed by atoms with van der Waals surface area (Å²) in [6, 6.07) is 5.89. The fourth-order valence-corrected chi connectivity index (χ4v) is 4.57. The SMILES string of the molecule is CCCCn1nc(C)c(/C=C/C(=O)Nc2cccc(-c3nnc4n3CCCCC4)c2C)c1Cl. The van der Waals surface area contributed by atoms with Crippen LogP contribution in [0.1, 0.15) is 61.7 Å². The van der Waals surface area contributed by atoms with Gasteiger partial charge in [0, 0.05) is 42.4 Å². The minimum Gasteiger partial charge on any atom is -0.322 e. The molecule has 4 rings (SSSR count). The van der Waals surface area contributed by atoms with Crippen molar-refractivity contribution in [3.05, 3.63) is 52.1 Å². The average molecular weight is 467 g/mol. The molecule has 1 aliphatic heterocycles. The van der Waals surface area contributed by atoms with Gasteiger partial charge in [-0.15, -0.1) is 10.2 Å². The van der Waals surface area contributed by atoms with Crippen molar-refractivity contribution in [1.29, 1.82) is 0 Å². The summed E-state index contributed by atoms with van der Waals surface area (Å²) in [6.45, 7) is 7.75. The Morgan fingerprint density at radius 2 is 2.06 bits per heavy atom. The first-order valence-corrected chi connectivity index (χ1v) is 12.1. The number of aryl methyl sites for hydroxylation is 3. The Morgan fingerprint density at radius 3 is 2.88 bits per heavy atom. The van der Waals surface area contributed by atoms with Gasteiger partial charge in [0.15, 0.2) is 5.82 Å². The van der Waals surface area contributed by atoms with Crippen LogP contribution in [-0.4, -0.2) is 30.5 Å². The van der Waals surface area contributed by atoms with Crippen molar-refractivity contribution in [3.8, 4) is 11.4 Å². The van der Waals surface area contributed by atoms with Crippen molar-refractivity contribution < 1.29 is 4.79 Å². The molecule has 174 valence electrons. The molecule has 7 nitrogen and oxygen atoms in total. The van der Waals surface area contributed by atoms with Crippen LogP contribution in [0, 0.1) is 13.8 Å². The highest BCUT2D eigenvalue weighted by molar-refractivity contribution is 6.31. The normalized spacial score (nSPS) is 13.8. The monoisotopic (exact) mass is 466 g/mol. The van der Waals surface area contributed by atoms with Gasteiger partial charge in [-0.3, -0.25) is 9.48 Å². The molecule has 1 aromatic carbocycles. The zero-order chi connectivity index (χ0) is 23.4. The summed E-state index contributed by atoms with van der Waals surface area (Å²) in [5.74, 6) is 1.70. The van der Waals surface area contributed by atoms with E-state index >= 15 is 0 Å². The van der Waals surface area contributed by atoms with Gasteiger partial charge >= 0.3 is 0 Å². The van der Waals surface area contributed by atoms with Crippen molar-refractivity contribution in [3.63, 3.8) is 0 Å². The molecule has 0 bridgehead atoms. The number of hydrogen-bond donors (Lipinski definition) is 1. The zero-order valence-corrected chi connectivity index (χ0v) is 20.3. The molecule has 0 atom stereocenters. The number of carbonyl (C=O) groups is 1. The molecule has 1 amide bonds. The van der Waals surface area contributed by atoms with Gasteiger partial charge < -0.3 is 9.88 Å². The van der Waals surface area contributed by atoms with Gasteiger partial charge in [-0.2, -0.15) is 5.10 Å². The van der Waals surface area contributed by atoms with E-state index in [2.05, 4.69) is 32.1 Å². The molecule has 3 heterocycles. The third-order valence-electron chi connectivity index (χ3n) is 6.18. The van der Waals surface area contributed by atoms with Crippen molar-refractivity contribution in [1.82, 2.24) is 24.5 Å². The molecule has 33 heavy (non-hydrogen) atoms. The van der Waals surface area contributed by atoms with Crippen molar-refractivity contribution in [2.24, 2.45) is 0 Å². The summed E-state index contributed by atoms with van der Waals surface area (Å²) in [6.07, 6.45) is 9.79. The maximum atomic E-state index is 12.7. The summed E-state index contributed by atoms with van der Waals surface area (Å²) in [4.78, 5) is 12.7. The third-order valence-corrected chi connectivity index (χ3v) is 6.57. The zero-order valence-electron chi connectivity index (χ0n) is 19.6. The minimum atomic E-state index is -0.216. The Hall–Kier alpha value is -2.93. The number of nitrogens with one attached hydrogen (secondary N) is 1. The van der Waals surface area contributed by atoms with Gasteiger partial charge in [-0.25, -0.2) is 0 Å². The highest BCUT2D eigenvalue weighted by atomic mass is 35.5. The quantitative estimate of drug-likeness (QED) is 0.460. The lowest BCUT2D eigenvalue weighted by atomic mass is 10.1. The summed E-state index contributed by atoms with van der Waals surface area (Å²) in [7, 11) is 0. The molecule has 0 unspecified atom stereocenters. The lowest BCUT2D eigenvalue weighted by molar-refractivity contribution is -0.111. The van der Waals surface area contributed by atoms with Crippen molar-refractivity contribution in [2.45, 2.75) is 72.4 Å². The molecule has 0 fully saturated rings. The summed E-state index contributed by atoms with van der Waals surface area (Å²) < 4.78 is 4.02. The topological polar surface area (TPSA) is 77.6 Å². The predicted molar refractivity (Wildman–Crippen MR) is 132 cm³/mol. The maximum Gasteiger partial charge on any atom is 0.248 e. The van der Waals surface area contributed by atoms with Crippen LogP contribution < -0.4 is 5.32 Å². The highest BCUT2D eigenvalue weighted by Gasteiger charge is 2.18. The van der Waals surface area contributed by atoms with Gasteiger partial charge in [-0.05, 0) is 50.8 Å². The Labute approximate surface area is 199 Å². The van der Waals surface area contributed by atoms with E-state index in [1.165, 1.54) is 12.5 Å². The first kappa shape index (κ1) is 23.2. The number of unbranched alkanes of at least 4 members (excludes halogenated alkanes) is 1. The van der Waals surface area contributed by atoms with E-state index in [-0.39, 0.29) is 5.91 Å². The second-order valence-corrected chi connectivity index (χ2v) is 8.93. The fraction of sp³-hybridized carbons (Fsp3) is 0.440. The number of halogens is 1. The van der Waals surface area contributed by atoms with Crippen LogP contribution in [-0.2, 0) is 24.3 Å². The molecule has 8 heteroatoms. The smallest absolute Gasteiger partial charge is 0.248 e. The Kier molecular flexibility index (Phi) is 7.28. The lowest BCUT2D eigenvalue weighted by Crippen LogP contribution is -2.10. The van der Waals surface area contributed by atoms with Gasteiger partial charge in [0.1, 0.15) is 11.0 Å². The summed E-state index contributed by atoms with van der Waals surface area (Å²) in [5.41, 5.74) is 4.31. The number of fused-ring (bicyclic) bond motifs is 1. The maximum absolute atomic E-state index is 12.7. The van der Waals surface area contributed by atoms with Gasteiger partial charge in [-0.1, -0.05) is 43.5 Å². The van der Waals surface area contributed by atoms with Crippen LogP contribution >= 0.6 is 11.6 Å². The molecule has 1 aliphatic rings. The molecule has 3 aromatic rings. The van der Waals surface area contributed by atoms with Crippen LogP contribution in [0.5, 0.6) is 0 Å². The van der Waals surface area contributed by atoms with Crippen LogP contribution in [0.15, 0.2) is 24.3 Å². The Morgan fingerprint density at radius 1 is 1.21 bits per heavy atom. The molecule has 1 N–H and O–H groups in total. The first-order valence-electron chi connectivity index (χ1n) is 11.7. The fourth-order valence-electron chi connectivity index (χ4n) is 4.24. The van der Waals surface area contributed by atoms with Gasteiger partial charge in [0.2, 0.25) is 5.91 Å².